The molecule has 5 rings (SSSR count). The predicted octanol–water partition coefficient (Wildman–Crippen LogP) is 4.41. The molecule has 0 saturated carbocycles. The minimum absolute atomic E-state index is 0.388. The summed E-state index contributed by atoms with van der Waals surface area (Å²) < 4.78 is 11.0. The molecule has 2 aliphatic rings. The van der Waals surface area contributed by atoms with Gasteiger partial charge in [-0.2, -0.15) is 0 Å². The van der Waals surface area contributed by atoms with E-state index in [2.05, 4.69) is 66.2 Å². The Balaban J connectivity index is 1.56. The van der Waals surface area contributed by atoms with E-state index in [0.29, 0.717) is 12.0 Å². The summed E-state index contributed by atoms with van der Waals surface area (Å²) in [7, 11) is 2.23. The van der Waals surface area contributed by atoms with Crippen LogP contribution in [0.3, 0.4) is 0 Å². The maximum atomic E-state index is 5.52. The maximum absolute atomic E-state index is 5.52. The first kappa shape index (κ1) is 16.8. The molecule has 0 spiro atoms. The SMILES string of the molecule is CC1c2cc(N3CCOCC3)ccc2C(c2ccc3occc3c2)CN1C. The molecular formula is C23H26N2O2. The number of rotatable bonds is 2. The minimum atomic E-state index is 0.388. The summed E-state index contributed by atoms with van der Waals surface area (Å²) >= 11 is 0. The number of ether oxygens (including phenoxy) is 1. The Labute approximate surface area is 160 Å². The molecule has 0 radical (unpaired) electrons. The zero-order chi connectivity index (χ0) is 18.4. The van der Waals surface area contributed by atoms with Gasteiger partial charge in [0.15, 0.2) is 0 Å². The van der Waals surface area contributed by atoms with Crippen molar-refractivity contribution in [2.75, 3.05) is 44.8 Å². The monoisotopic (exact) mass is 362 g/mol. The molecule has 4 nitrogen and oxygen atoms in total. The summed E-state index contributed by atoms with van der Waals surface area (Å²) in [5.74, 6) is 0.388. The van der Waals surface area contributed by atoms with Gasteiger partial charge in [-0.15, -0.1) is 0 Å². The lowest BCUT2D eigenvalue weighted by Gasteiger charge is -2.39. The Morgan fingerprint density at radius 1 is 0.963 bits per heavy atom. The molecule has 3 heterocycles. The number of hydrogen-bond donors (Lipinski definition) is 0. The van der Waals surface area contributed by atoms with Crippen molar-refractivity contribution in [1.29, 1.82) is 0 Å². The van der Waals surface area contributed by atoms with Gasteiger partial charge in [-0.05, 0) is 61.0 Å². The van der Waals surface area contributed by atoms with Crippen molar-refractivity contribution in [2.24, 2.45) is 0 Å². The van der Waals surface area contributed by atoms with E-state index in [1.165, 1.54) is 27.8 Å². The second-order valence-electron chi connectivity index (χ2n) is 7.80. The number of furan rings is 1. The third kappa shape index (κ3) is 2.93. The van der Waals surface area contributed by atoms with Crippen LogP contribution in [-0.2, 0) is 4.74 Å². The fraction of sp³-hybridized carbons (Fsp3) is 0.391. The van der Waals surface area contributed by atoms with E-state index in [-0.39, 0.29) is 0 Å². The maximum Gasteiger partial charge on any atom is 0.133 e. The van der Waals surface area contributed by atoms with E-state index in [1.54, 1.807) is 6.26 Å². The summed E-state index contributed by atoms with van der Waals surface area (Å²) in [6.07, 6.45) is 1.77. The topological polar surface area (TPSA) is 28.9 Å². The molecule has 2 aliphatic heterocycles. The molecule has 0 aliphatic carbocycles. The van der Waals surface area contributed by atoms with Gasteiger partial charge in [0.1, 0.15) is 5.58 Å². The fourth-order valence-electron chi connectivity index (χ4n) is 4.53. The van der Waals surface area contributed by atoms with Crippen molar-refractivity contribution in [3.63, 3.8) is 0 Å². The van der Waals surface area contributed by atoms with Crippen LogP contribution in [0, 0.1) is 0 Å². The number of morpholine rings is 1. The second kappa shape index (κ2) is 6.70. The van der Waals surface area contributed by atoms with Gasteiger partial charge in [-0.1, -0.05) is 12.1 Å². The molecule has 1 aromatic heterocycles. The first-order chi connectivity index (χ1) is 13.2. The molecule has 1 saturated heterocycles. The van der Waals surface area contributed by atoms with Crippen LogP contribution < -0.4 is 4.90 Å². The summed E-state index contributed by atoms with van der Waals surface area (Å²) in [6.45, 7) is 6.94. The van der Waals surface area contributed by atoms with Crippen LogP contribution in [0.15, 0.2) is 53.1 Å². The summed E-state index contributed by atoms with van der Waals surface area (Å²) in [5, 5.41) is 1.18. The smallest absolute Gasteiger partial charge is 0.133 e. The summed E-state index contributed by atoms with van der Waals surface area (Å²) in [4.78, 5) is 4.91. The average Bonchev–Trinajstić information content (AvgIpc) is 3.19. The van der Waals surface area contributed by atoms with Crippen LogP contribution in [0.25, 0.3) is 11.0 Å². The zero-order valence-corrected chi connectivity index (χ0v) is 16.0. The van der Waals surface area contributed by atoms with Gasteiger partial charge in [0, 0.05) is 42.7 Å². The van der Waals surface area contributed by atoms with Crippen LogP contribution in [0.1, 0.15) is 35.6 Å². The molecule has 0 bridgehead atoms. The zero-order valence-electron chi connectivity index (χ0n) is 16.0. The highest BCUT2D eigenvalue weighted by molar-refractivity contribution is 5.78. The minimum Gasteiger partial charge on any atom is -0.464 e. The third-order valence-corrected chi connectivity index (χ3v) is 6.28. The first-order valence-corrected chi connectivity index (χ1v) is 9.84. The summed E-state index contributed by atoms with van der Waals surface area (Å²) in [5.41, 5.74) is 6.55. The number of hydrogen-bond acceptors (Lipinski definition) is 4. The largest absolute Gasteiger partial charge is 0.464 e. The van der Waals surface area contributed by atoms with E-state index in [9.17, 15) is 0 Å². The summed E-state index contributed by atoms with van der Waals surface area (Å²) in [6, 6.07) is 16.1. The van der Waals surface area contributed by atoms with Crippen molar-refractivity contribution >= 4 is 16.7 Å². The lowest BCUT2D eigenvalue weighted by atomic mass is 9.81. The van der Waals surface area contributed by atoms with E-state index in [1.807, 2.05) is 0 Å². The van der Waals surface area contributed by atoms with E-state index >= 15 is 0 Å². The molecule has 2 unspecified atom stereocenters. The van der Waals surface area contributed by atoms with E-state index in [4.69, 9.17) is 9.15 Å². The van der Waals surface area contributed by atoms with Gasteiger partial charge in [0.05, 0.1) is 19.5 Å². The van der Waals surface area contributed by atoms with Crippen molar-refractivity contribution in [3.8, 4) is 0 Å². The lowest BCUT2D eigenvalue weighted by Crippen LogP contribution is -2.37. The molecule has 2 atom stereocenters. The number of nitrogens with zero attached hydrogens (tertiary/aromatic N) is 2. The Hall–Kier alpha value is -2.30. The van der Waals surface area contributed by atoms with Gasteiger partial charge in [0.25, 0.3) is 0 Å². The average molecular weight is 362 g/mol. The lowest BCUT2D eigenvalue weighted by molar-refractivity contribution is 0.122. The highest BCUT2D eigenvalue weighted by atomic mass is 16.5. The van der Waals surface area contributed by atoms with Crippen molar-refractivity contribution in [1.82, 2.24) is 4.90 Å². The predicted molar refractivity (Wildman–Crippen MR) is 109 cm³/mol. The van der Waals surface area contributed by atoms with Crippen molar-refractivity contribution in [2.45, 2.75) is 18.9 Å². The van der Waals surface area contributed by atoms with Gasteiger partial charge < -0.3 is 14.1 Å². The molecular weight excluding hydrogens is 336 g/mol. The number of fused-ring (bicyclic) bond motifs is 2. The van der Waals surface area contributed by atoms with E-state index < -0.39 is 0 Å². The normalized spacial score (nSPS) is 23.6. The van der Waals surface area contributed by atoms with Crippen LogP contribution in [0.4, 0.5) is 5.69 Å². The molecule has 0 amide bonds. The highest BCUT2D eigenvalue weighted by Gasteiger charge is 2.30. The molecule has 27 heavy (non-hydrogen) atoms. The molecule has 4 heteroatoms. The highest BCUT2D eigenvalue weighted by Crippen LogP contribution is 2.40. The third-order valence-electron chi connectivity index (χ3n) is 6.28. The second-order valence-corrected chi connectivity index (χ2v) is 7.80. The Bertz CT molecular complexity index is 958. The van der Waals surface area contributed by atoms with Crippen LogP contribution in [-0.4, -0.2) is 44.8 Å². The Morgan fingerprint density at radius 2 is 1.81 bits per heavy atom. The fourth-order valence-corrected chi connectivity index (χ4v) is 4.53. The molecule has 2 aromatic carbocycles. The molecule has 140 valence electrons. The van der Waals surface area contributed by atoms with E-state index in [0.717, 1.165) is 38.4 Å². The van der Waals surface area contributed by atoms with Crippen LogP contribution >= 0.6 is 0 Å². The van der Waals surface area contributed by atoms with Crippen molar-refractivity contribution in [3.05, 3.63) is 65.4 Å². The van der Waals surface area contributed by atoms with Crippen molar-refractivity contribution < 1.29 is 9.15 Å². The molecule has 0 N–H and O–H groups in total. The van der Waals surface area contributed by atoms with Gasteiger partial charge in [-0.3, -0.25) is 4.90 Å². The van der Waals surface area contributed by atoms with Crippen LogP contribution in [0.2, 0.25) is 0 Å². The van der Waals surface area contributed by atoms with Gasteiger partial charge >= 0.3 is 0 Å². The quantitative estimate of drug-likeness (QED) is 0.675. The first-order valence-electron chi connectivity index (χ1n) is 9.84. The molecule has 3 aromatic rings. The number of likely N-dealkylation sites (N-methyl/N-ethyl adjacent to an activating group) is 1. The van der Waals surface area contributed by atoms with Gasteiger partial charge in [0.2, 0.25) is 0 Å². The number of anilines is 1. The standard InChI is InChI=1S/C23H26N2O2/c1-16-21-14-19(25-8-11-26-12-9-25)4-5-20(21)22(15-24(16)2)17-3-6-23-18(13-17)7-10-27-23/h3-7,10,13-14,16,22H,8-9,11-12,15H2,1-2H3. The molecule has 1 fully saturated rings. The van der Waals surface area contributed by atoms with Gasteiger partial charge in [-0.25, -0.2) is 0 Å². The Morgan fingerprint density at radius 3 is 2.67 bits per heavy atom. The van der Waals surface area contributed by atoms with Crippen LogP contribution in [0.5, 0.6) is 0 Å². The Kier molecular flexibility index (Phi) is 4.18. The number of benzene rings is 2.